The largest absolute Gasteiger partial charge is 0.494 e. The van der Waals surface area contributed by atoms with Gasteiger partial charge in [0.2, 0.25) is 5.43 Å². The zero-order valence-electron chi connectivity index (χ0n) is 28.7. The second kappa shape index (κ2) is 26.4. The molecule has 0 atom stereocenters. The summed E-state index contributed by atoms with van der Waals surface area (Å²) >= 11 is 0. The van der Waals surface area contributed by atoms with E-state index in [0.717, 1.165) is 30.8 Å². The molecule has 2 rings (SSSR count). The van der Waals surface area contributed by atoms with Gasteiger partial charge in [0.25, 0.3) is 0 Å². The highest BCUT2D eigenvalue weighted by molar-refractivity contribution is 5.91. The standard InChI is InChI=1S/C40H63NO4/c1-3-5-7-9-11-13-15-16-17-19-21-23-33-41-36-27-31-38(42)39(32-28-36)45-40(43)35-25-29-37(30-26-35)44-34-24-22-20-18-14-12-10-8-6-4-2/h25-32,41H,3-24,33-34H2,1-2H3. The van der Waals surface area contributed by atoms with Gasteiger partial charge in [-0.05, 0) is 61.4 Å². The Morgan fingerprint density at radius 3 is 1.56 bits per heavy atom. The molecular formula is C40H63NO4. The SMILES string of the molecule is CCCCCCCCCCCCCCNc1ccc(OC(=O)c2ccc(OCCCCCCCCCCCC)cc2)c(=O)cc1. The highest BCUT2D eigenvalue weighted by atomic mass is 16.5. The van der Waals surface area contributed by atoms with Crippen LogP contribution in [-0.4, -0.2) is 19.1 Å². The summed E-state index contributed by atoms with van der Waals surface area (Å²) in [4.78, 5) is 25.3. The third-order valence-electron chi connectivity index (χ3n) is 8.49. The summed E-state index contributed by atoms with van der Waals surface area (Å²) < 4.78 is 11.3. The second-order valence-corrected chi connectivity index (χ2v) is 12.6. The van der Waals surface area contributed by atoms with Gasteiger partial charge in [-0.3, -0.25) is 4.79 Å². The molecule has 0 bridgehead atoms. The summed E-state index contributed by atoms with van der Waals surface area (Å²) in [5, 5.41) is 3.39. The van der Waals surface area contributed by atoms with Crippen LogP contribution in [0.1, 0.15) is 165 Å². The Balaban J connectivity index is 1.59. The quantitative estimate of drug-likeness (QED) is 0.0756. The Bertz CT molecular complexity index is 1070. The number of nitrogens with one attached hydrogen (secondary N) is 1. The van der Waals surface area contributed by atoms with Crippen LogP contribution in [0.3, 0.4) is 0 Å². The zero-order valence-corrected chi connectivity index (χ0v) is 28.7. The van der Waals surface area contributed by atoms with Crippen LogP contribution in [0.5, 0.6) is 11.5 Å². The number of carbonyl (C=O) groups is 1. The summed E-state index contributed by atoms with van der Waals surface area (Å²) in [6.45, 7) is 6.06. The van der Waals surface area contributed by atoms with Crippen molar-refractivity contribution in [3.05, 3.63) is 64.3 Å². The van der Waals surface area contributed by atoms with Crippen molar-refractivity contribution in [1.29, 1.82) is 0 Å². The highest BCUT2D eigenvalue weighted by Crippen LogP contribution is 2.17. The van der Waals surface area contributed by atoms with E-state index in [9.17, 15) is 9.59 Å². The molecular weight excluding hydrogens is 558 g/mol. The van der Waals surface area contributed by atoms with Crippen LogP contribution in [0.15, 0.2) is 53.3 Å². The van der Waals surface area contributed by atoms with Crippen molar-refractivity contribution in [3.63, 3.8) is 0 Å². The Morgan fingerprint density at radius 2 is 1.02 bits per heavy atom. The highest BCUT2D eigenvalue weighted by Gasteiger charge is 2.11. The Labute approximate surface area is 274 Å². The predicted molar refractivity (Wildman–Crippen MR) is 191 cm³/mol. The number of hydrogen-bond donors (Lipinski definition) is 1. The Morgan fingerprint density at radius 1 is 0.556 bits per heavy atom. The lowest BCUT2D eigenvalue weighted by Crippen LogP contribution is -2.13. The van der Waals surface area contributed by atoms with E-state index in [-0.39, 0.29) is 11.2 Å². The van der Waals surface area contributed by atoms with Gasteiger partial charge < -0.3 is 14.8 Å². The van der Waals surface area contributed by atoms with E-state index in [1.165, 1.54) is 134 Å². The first-order valence-corrected chi connectivity index (χ1v) is 18.5. The van der Waals surface area contributed by atoms with Crippen molar-refractivity contribution in [2.75, 3.05) is 18.5 Å². The monoisotopic (exact) mass is 621 g/mol. The van der Waals surface area contributed by atoms with Gasteiger partial charge in [0.05, 0.1) is 12.2 Å². The summed E-state index contributed by atoms with van der Waals surface area (Å²) in [6.07, 6.45) is 28.8. The van der Waals surface area contributed by atoms with Gasteiger partial charge in [-0.25, -0.2) is 4.79 Å². The van der Waals surface area contributed by atoms with E-state index in [0.29, 0.717) is 12.2 Å². The maximum absolute atomic E-state index is 12.7. The van der Waals surface area contributed by atoms with Crippen LogP contribution in [-0.2, 0) is 0 Å². The first kappa shape index (κ1) is 38.4. The summed E-state index contributed by atoms with van der Waals surface area (Å²) in [7, 11) is 0. The van der Waals surface area contributed by atoms with Gasteiger partial charge in [-0.15, -0.1) is 0 Å². The molecule has 0 spiro atoms. The second-order valence-electron chi connectivity index (χ2n) is 12.6. The normalized spacial score (nSPS) is 11.0. The topological polar surface area (TPSA) is 64.6 Å². The fourth-order valence-electron chi connectivity index (χ4n) is 5.58. The first-order chi connectivity index (χ1) is 22.1. The molecule has 0 unspecified atom stereocenters. The molecule has 5 heteroatoms. The molecule has 0 aromatic heterocycles. The molecule has 45 heavy (non-hydrogen) atoms. The lowest BCUT2D eigenvalue weighted by Gasteiger charge is -2.07. The third-order valence-corrected chi connectivity index (χ3v) is 8.49. The summed E-state index contributed by atoms with van der Waals surface area (Å²) in [5.41, 5.74) is 0.914. The minimum atomic E-state index is -0.550. The molecule has 2 aromatic carbocycles. The van der Waals surface area contributed by atoms with Crippen molar-refractivity contribution in [2.45, 2.75) is 155 Å². The Hall–Kier alpha value is -2.82. The zero-order chi connectivity index (χ0) is 32.2. The number of hydrogen-bond acceptors (Lipinski definition) is 5. The van der Waals surface area contributed by atoms with E-state index in [4.69, 9.17) is 9.47 Å². The molecule has 0 heterocycles. The van der Waals surface area contributed by atoms with E-state index in [2.05, 4.69) is 19.2 Å². The number of esters is 1. The van der Waals surface area contributed by atoms with E-state index in [1.54, 1.807) is 42.5 Å². The van der Waals surface area contributed by atoms with Gasteiger partial charge in [0.1, 0.15) is 5.75 Å². The van der Waals surface area contributed by atoms with Crippen LogP contribution in [0, 0.1) is 0 Å². The molecule has 2 aromatic rings. The number of anilines is 1. The van der Waals surface area contributed by atoms with E-state index < -0.39 is 5.97 Å². The fourth-order valence-corrected chi connectivity index (χ4v) is 5.58. The summed E-state index contributed by atoms with van der Waals surface area (Å²) in [5.74, 6) is 0.215. The average molecular weight is 622 g/mol. The average Bonchev–Trinajstić information content (AvgIpc) is 3.22. The first-order valence-electron chi connectivity index (χ1n) is 18.5. The van der Waals surface area contributed by atoms with Crippen molar-refractivity contribution in [3.8, 4) is 11.5 Å². The van der Waals surface area contributed by atoms with Crippen LogP contribution >= 0.6 is 0 Å². The molecule has 0 aliphatic carbocycles. The van der Waals surface area contributed by atoms with Crippen LogP contribution in [0.2, 0.25) is 0 Å². The van der Waals surface area contributed by atoms with Crippen molar-refractivity contribution < 1.29 is 14.3 Å². The van der Waals surface area contributed by atoms with E-state index in [1.807, 2.05) is 0 Å². The number of benzene rings is 1. The van der Waals surface area contributed by atoms with Crippen LogP contribution < -0.4 is 20.2 Å². The molecule has 0 saturated heterocycles. The molecule has 5 nitrogen and oxygen atoms in total. The minimum Gasteiger partial charge on any atom is -0.494 e. The lowest BCUT2D eigenvalue weighted by molar-refractivity contribution is 0.0733. The van der Waals surface area contributed by atoms with Gasteiger partial charge >= 0.3 is 5.97 Å². The third kappa shape index (κ3) is 19.3. The molecule has 0 aliphatic rings. The maximum atomic E-state index is 12.7. The molecule has 0 fully saturated rings. The molecule has 0 radical (unpaired) electrons. The maximum Gasteiger partial charge on any atom is 0.343 e. The van der Waals surface area contributed by atoms with Crippen LogP contribution in [0.25, 0.3) is 0 Å². The molecule has 0 amide bonds. The Kier molecular flexibility index (Phi) is 22.5. The van der Waals surface area contributed by atoms with Crippen molar-refractivity contribution >= 4 is 11.7 Å². The van der Waals surface area contributed by atoms with Crippen LogP contribution in [0.4, 0.5) is 5.69 Å². The minimum absolute atomic E-state index is 0.0275. The molecule has 1 N–H and O–H groups in total. The predicted octanol–water partition coefficient (Wildman–Crippen LogP) is 11.7. The van der Waals surface area contributed by atoms with Gasteiger partial charge in [-0.1, -0.05) is 142 Å². The smallest absolute Gasteiger partial charge is 0.343 e. The fraction of sp³-hybridized carbons (Fsp3) is 0.650. The number of unbranched alkanes of at least 4 members (excludes halogenated alkanes) is 20. The number of rotatable bonds is 28. The number of ether oxygens (including phenoxy) is 2. The van der Waals surface area contributed by atoms with Gasteiger partial charge in [0.15, 0.2) is 5.75 Å². The molecule has 0 aliphatic heterocycles. The van der Waals surface area contributed by atoms with E-state index >= 15 is 0 Å². The van der Waals surface area contributed by atoms with Crippen molar-refractivity contribution in [2.24, 2.45) is 0 Å². The summed E-state index contributed by atoms with van der Waals surface area (Å²) in [6, 6.07) is 13.5. The van der Waals surface area contributed by atoms with Gasteiger partial charge in [-0.2, -0.15) is 0 Å². The van der Waals surface area contributed by atoms with Gasteiger partial charge in [0, 0.05) is 12.2 Å². The molecule has 252 valence electrons. The van der Waals surface area contributed by atoms with Crippen molar-refractivity contribution in [1.82, 2.24) is 0 Å². The lowest BCUT2D eigenvalue weighted by atomic mass is 10.1. The molecule has 0 saturated carbocycles. The number of carbonyl (C=O) groups excluding carboxylic acids is 1.